The molecule has 0 radical (unpaired) electrons. The summed E-state index contributed by atoms with van der Waals surface area (Å²) in [5, 5.41) is 0. The Morgan fingerprint density at radius 1 is 1.50 bits per heavy atom. The predicted octanol–water partition coefficient (Wildman–Crippen LogP) is 3.15. The van der Waals surface area contributed by atoms with Crippen molar-refractivity contribution in [2.45, 2.75) is 39.2 Å². The summed E-state index contributed by atoms with van der Waals surface area (Å²) in [4.78, 5) is 10.8. The molecule has 2 heterocycles. The molecule has 1 fully saturated rings. The van der Waals surface area contributed by atoms with Crippen LogP contribution in [0.2, 0.25) is 0 Å². The highest BCUT2D eigenvalue weighted by atomic mass is 19.1. The number of hydrogen-bond acceptors (Lipinski definition) is 4. The van der Waals surface area contributed by atoms with Gasteiger partial charge in [0.2, 0.25) is 0 Å². The molecule has 0 saturated carbocycles. The zero-order chi connectivity index (χ0) is 15.9. The monoisotopic (exact) mass is 304 g/mol. The van der Waals surface area contributed by atoms with Crippen LogP contribution in [-0.4, -0.2) is 30.3 Å². The highest BCUT2D eigenvalue weighted by Crippen LogP contribution is 2.22. The van der Waals surface area contributed by atoms with E-state index < -0.39 is 0 Å². The van der Waals surface area contributed by atoms with Crippen LogP contribution >= 0.6 is 0 Å². The van der Waals surface area contributed by atoms with Gasteiger partial charge in [0.05, 0.1) is 6.04 Å². The quantitative estimate of drug-likeness (QED) is 0.850. The van der Waals surface area contributed by atoms with Crippen molar-refractivity contribution in [3.63, 3.8) is 0 Å². The molecule has 0 aliphatic carbocycles. The third-order valence-electron chi connectivity index (χ3n) is 3.81. The molecule has 1 saturated heterocycles. The first-order valence-electron chi connectivity index (χ1n) is 7.89. The summed E-state index contributed by atoms with van der Waals surface area (Å²) in [6, 6.07) is 3.35. The van der Waals surface area contributed by atoms with E-state index in [-0.39, 0.29) is 11.9 Å². The fourth-order valence-corrected chi connectivity index (χ4v) is 2.67. The van der Waals surface area contributed by atoms with Crippen molar-refractivity contribution in [2.24, 2.45) is 16.6 Å². The SMILES string of the molecule is CC(C)C/C(C=NC1CCN(c2ncccc2F)CC1)=C/N. The Balaban J connectivity index is 1.88. The van der Waals surface area contributed by atoms with Gasteiger partial charge in [-0.25, -0.2) is 9.37 Å². The minimum absolute atomic E-state index is 0.255. The summed E-state index contributed by atoms with van der Waals surface area (Å²) >= 11 is 0. The van der Waals surface area contributed by atoms with Gasteiger partial charge in [-0.05, 0) is 49.1 Å². The molecule has 1 aromatic heterocycles. The van der Waals surface area contributed by atoms with Gasteiger partial charge in [-0.2, -0.15) is 0 Å². The molecule has 0 spiro atoms. The van der Waals surface area contributed by atoms with Gasteiger partial charge < -0.3 is 10.6 Å². The number of pyridine rings is 1. The predicted molar refractivity (Wildman–Crippen MR) is 89.6 cm³/mol. The van der Waals surface area contributed by atoms with Crippen molar-refractivity contribution < 1.29 is 4.39 Å². The van der Waals surface area contributed by atoms with Gasteiger partial charge >= 0.3 is 0 Å². The normalized spacial score (nSPS) is 17.6. The van der Waals surface area contributed by atoms with Crippen molar-refractivity contribution in [1.82, 2.24) is 4.98 Å². The van der Waals surface area contributed by atoms with E-state index in [0.29, 0.717) is 11.7 Å². The lowest BCUT2D eigenvalue weighted by atomic mass is 10.0. The standard InChI is InChI=1S/C17H25FN4/c1-13(2)10-14(11-19)12-21-15-5-8-22(9-6-15)17-16(18)4-3-7-20-17/h3-4,7,11-13,15H,5-6,8-10,19H2,1-2H3/b14-11-,21-12?. The molecule has 0 amide bonds. The molecule has 0 unspecified atom stereocenters. The van der Waals surface area contributed by atoms with Gasteiger partial charge in [-0.15, -0.1) is 0 Å². The van der Waals surface area contributed by atoms with Crippen molar-refractivity contribution in [2.75, 3.05) is 18.0 Å². The number of aromatic nitrogens is 1. The van der Waals surface area contributed by atoms with Gasteiger partial charge in [-0.3, -0.25) is 4.99 Å². The second-order valence-electron chi connectivity index (χ2n) is 6.14. The number of nitrogens with zero attached hydrogens (tertiary/aromatic N) is 3. The maximum absolute atomic E-state index is 13.7. The number of allylic oxidation sites excluding steroid dienone is 1. The van der Waals surface area contributed by atoms with Gasteiger partial charge in [-0.1, -0.05) is 13.8 Å². The Morgan fingerprint density at radius 2 is 2.23 bits per heavy atom. The number of hydrogen-bond donors (Lipinski definition) is 1. The Kier molecular flexibility index (Phi) is 5.92. The smallest absolute Gasteiger partial charge is 0.165 e. The Morgan fingerprint density at radius 3 is 2.82 bits per heavy atom. The molecule has 1 aromatic rings. The Bertz CT molecular complexity index is 531. The van der Waals surface area contributed by atoms with Crippen LogP contribution in [0.25, 0.3) is 0 Å². The van der Waals surface area contributed by atoms with Crippen LogP contribution in [0.1, 0.15) is 33.1 Å². The fraction of sp³-hybridized carbons (Fsp3) is 0.529. The molecule has 4 nitrogen and oxygen atoms in total. The molecular weight excluding hydrogens is 279 g/mol. The summed E-state index contributed by atoms with van der Waals surface area (Å²) < 4.78 is 13.7. The number of aliphatic imine (C=N–C) groups is 1. The topological polar surface area (TPSA) is 54.5 Å². The van der Waals surface area contributed by atoms with E-state index in [9.17, 15) is 4.39 Å². The van der Waals surface area contributed by atoms with Crippen LogP contribution in [0.15, 0.2) is 35.1 Å². The number of anilines is 1. The molecular formula is C17H25FN4. The first-order valence-corrected chi connectivity index (χ1v) is 7.89. The van der Waals surface area contributed by atoms with E-state index in [1.807, 2.05) is 11.1 Å². The van der Waals surface area contributed by atoms with Gasteiger partial charge in [0, 0.05) is 25.5 Å². The lowest BCUT2D eigenvalue weighted by molar-refractivity contribution is 0.492. The summed E-state index contributed by atoms with van der Waals surface area (Å²) in [7, 11) is 0. The highest BCUT2D eigenvalue weighted by molar-refractivity contribution is 5.78. The molecule has 0 bridgehead atoms. The van der Waals surface area contributed by atoms with Crippen molar-refractivity contribution in [3.8, 4) is 0 Å². The molecule has 22 heavy (non-hydrogen) atoms. The minimum atomic E-state index is -0.255. The highest BCUT2D eigenvalue weighted by Gasteiger charge is 2.21. The molecule has 2 rings (SSSR count). The molecule has 1 aliphatic heterocycles. The van der Waals surface area contributed by atoms with E-state index in [0.717, 1.165) is 37.9 Å². The lowest BCUT2D eigenvalue weighted by Crippen LogP contribution is -2.36. The van der Waals surface area contributed by atoms with Crippen LogP contribution in [0, 0.1) is 11.7 Å². The number of rotatable bonds is 5. The van der Waals surface area contributed by atoms with E-state index >= 15 is 0 Å². The average Bonchev–Trinajstić information content (AvgIpc) is 2.52. The summed E-state index contributed by atoms with van der Waals surface area (Å²) in [5.41, 5.74) is 6.72. The number of halogens is 1. The van der Waals surface area contributed by atoms with Crippen LogP contribution in [0.4, 0.5) is 10.2 Å². The number of nitrogens with two attached hydrogens (primary N) is 1. The summed E-state index contributed by atoms with van der Waals surface area (Å²) in [6.07, 6.45) is 7.94. The zero-order valence-corrected chi connectivity index (χ0v) is 13.4. The minimum Gasteiger partial charge on any atom is -0.404 e. The average molecular weight is 304 g/mol. The maximum atomic E-state index is 13.7. The van der Waals surface area contributed by atoms with E-state index in [1.165, 1.54) is 6.07 Å². The second kappa shape index (κ2) is 7.92. The molecule has 5 heteroatoms. The van der Waals surface area contributed by atoms with Crippen molar-refractivity contribution in [3.05, 3.63) is 35.9 Å². The van der Waals surface area contributed by atoms with Crippen LogP contribution < -0.4 is 10.6 Å². The zero-order valence-electron chi connectivity index (χ0n) is 13.4. The second-order valence-corrected chi connectivity index (χ2v) is 6.14. The number of piperidine rings is 1. The summed E-state index contributed by atoms with van der Waals surface area (Å²) in [5.74, 6) is 0.761. The van der Waals surface area contributed by atoms with Gasteiger partial charge in [0.1, 0.15) is 0 Å². The molecule has 0 atom stereocenters. The molecule has 2 N–H and O–H groups in total. The first kappa shape index (κ1) is 16.5. The Hall–Kier alpha value is -1.91. The molecule has 0 aromatic carbocycles. The Labute approximate surface area is 131 Å². The lowest BCUT2D eigenvalue weighted by Gasteiger charge is -2.31. The fourth-order valence-electron chi connectivity index (χ4n) is 2.67. The van der Waals surface area contributed by atoms with Gasteiger partial charge in [0.15, 0.2) is 11.6 Å². The van der Waals surface area contributed by atoms with Crippen LogP contribution in [0.3, 0.4) is 0 Å². The maximum Gasteiger partial charge on any atom is 0.165 e. The van der Waals surface area contributed by atoms with E-state index in [2.05, 4.69) is 23.8 Å². The van der Waals surface area contributed by atoms with Crippen LogP contribution in [-0.2, 0) is 0 Å². The van der Waals surface area contributed by atoms with Gasteiger partial charge in [0.25, 0.3) is 0 Å². The third kappa shape index (κ3) is 4.55. The van der Waals surface area contributed by atoms with Crippen molar-refractivity contribution >= 4 is 12.0 Å². The first-order chi connectivity index (χ1) is 10.6. The van der Waals surface area contributed by atoms with E-state index in [4.69, 9.17) is 5.73 Å². The van der Waals surface area contributed by atoms with Crippen molar-refractivity contribution in [1.29, 1.82) is 0 Å². The largest absolute Gasteiger partial charge is 0.404 e. The van der Waals surface area contributed by atoms with Crippen LogP contribution in [0.5, 0.6) is 0 Å². The molecule has 120 valence electrons. The van der Waals surface area contributed by atoms with E-state index in [1.54, 1.807) is 18.5 Å². The third-order valence-corrected chi connectivity index (χ3v) is 3.81. The molecule has 1 aliphatic rings. The summed E-state index contributed by atoms with van der Waals surface area (Å²) in [6.45, 7) is 5.89.